The lowest BCUT2D eigenvalue weighted by Crippen LogP contribution is -2.30. The van der Waals surface area contributed by atoms with Gasteiger partial charge in [-0.3, -0.25) is 4.79 Å². The molecular weight excluding hydrogens is 270 g/mol. The molecule has 0 aromatic heterocycles. The Balaban J connectivity index is 2.35. The van der Waals surface area contributed by atoms with Crippen LogP contribution >= 0.6 is 0 Å². The van der Waals surface area contributed by atoms with E-state index < -0.39 is 11.7 Å². The summed E-state index contributed by atoms with van der Waals surface area (Å²) in [5.74, 6) is -1.95. The Bertz CT molecular complexity index is 667. The lowest BCUT2D eigenvalue weighted by atomic mass is 10.1. The molecule has 0 heterocycles. The van der Waals surface area contributed by atoms with Crippen molar-refractivity contribution in [3.05, 3.63) is 59.7 Å². The number of para-hydroxylation sites is 1. The van der Waals surface area contributed by atoms with Crippen molar-refractivity contribution in [2.24, 2.45) is 0 Å². The van der Waals surface area contributed by atoms with Crippen LogP contribution in [0.2, 0.25) is 0 Å². The molecule has 108 valence electrons. The van der Waals surface area contributed by atoms with E-state index in [0.29, 0.717) is 6.54 Å². The highest BCUT2D eigenvalue weighted by molar-refractivity contribution is 6.07. The molecule has 0 bridgehead atoms. The topological polar surface area (TPSA) is 77.8 Å². The number of hydrogen-bond acceptors (Lipinski definition) is 3. The summed E-state index contributed by atoms with van der Waals surface area (Å²) in [6.07, 6.45) is 0. The lowest BCUT2D eigenvalue weighted by Gasteiger charge is -2.21. The fourth-order valence-corrected chi connectivity index (χ4v) is 2.05. The van der Waals surface area contributed by atoms with Crippen LogP contribution in [0.5, 0.6) is 5.75 Å². The summed E-state index contributed by atoms with van der Waals surface area (Å²) >= 11 is 0. The van der Waals surface area contributed by atoms with E-state index in [4.69, 9.17) is 5.11 Å². The van der Waals surface area contributed by atoms with Gasteiger partial charge in [0, 0.05) is 17.8 Å². The monoisotopic (exact) mass is 285 g/mol. The van der Waals surface area contributed by atoms with Gasteiger partial charge in [-0.15, -0.1) is 0 Å². The van der Waals surface area contributed by atoms with E-state index >= 15 is 0 Å². The molecule has 2 aromatic carbocycles. The number of amides is 1. The third-order valence-corrected chi connectivity index (χ3v) is 3.10. The van der Waals surface area contributed by atoms with Crippen LogP contribution in [0.3, 0.4) is 0 Å². The first-order valence-corrected chi connectivity index (χ1v) is 6.47. The summed E-state index contributed by atoms with van der Waals surface area (Å²) in [4.78, 5) is 24.9. The van der Waals surface area contributed by atoms with Gasteiger partial charge in [0.25, 0.3) is 5.91 Å². The maximum absolute atomic E-state index is 12.5. The number of carboxylic acid groups (broad SMARTS) is 1. The zero-order chi connectivity index (χ0) is 15.4. The van der Waals surface area contributed by atoms with Crippen molar-refractivity contribution in [1.29, 1.82) is 0 Å². The molecule has 0 atom stereocenters. The molecule has 1 amide bonds. The van der Waals surface area contributed by atoms with Crippen molar-refractivity contribution in [1.82, 2.24) is 0 Å². The molecule has 0 fully saturated rings. The van der Waals surface area contributed by atoms with Gasteiger partial charge in [0.15, 0.2) is 0 Å². The molecule has 0 saturated carbocycles. The molecule has 0 saturated heterocycles. The normalized spacial score (nSPS) is 10.1. The zero-order valence-electron chi connectivity index (χ0n) is 11.5. The fourth-order valence-electron chi connectivity index (χ4n) is 2.05. The van der Waals surface area contributed by atoms with Crippen molar-refractivity contribution in [3.63, 3.8) is 0 Å². The minimum absolute atomic E-state index is 0.227. The minimum atomic E-state index is -1.23. The van der Waals surface area contributed by atoms with E-state index in [1.165, 1.54) is 18.2 Å². The number of aromatic carboxylic acids is 1. The highest BCUT2D eigenvalue weighted by atomic mass is 16.4. The Morgan fingerprint density at radius 2 is 1.76 bits per heavy atom. The molecule has 21 heavy (non-hydrogen) atoms. The van der Waals surface area contributed by atoms with Crippen LogP contribution in [0.15, 0.2) is 48.5 Å². The smallest absolute Gasteiger partial charge is 0.339 e. The van der Waals surface area contributed by atoms with Crippen LogP contribution in [0.1, 0.15) is 27.6 Å². The van der Waals surface area contributed by atoms with Crippen molar-refractivity contribution < 1.29 is 19.8 Å². The SMILES string of the molecule is CCN(C(=O)c1ccc(C(=O)O)c(O)c1)c1ccccc1. The summed E-state index contributed by atoms with van der Waals surface area (Å²) < 4.78 is 0. The van der Waals surface area contributed by atoms with E-state index in [2.05, 4.69) is 0 Å². The van der Waals surface area contributed by atoms with Crippen LogP contribution < -0.4 is 4.90 Å². The quantitative estimate of drug-likeness (QED) is 0.905. The second-order valence-corrected chi connectivity index (χ2v) is 4.42. The second kappa shape index (κ2) is 6.09. The molecule has 0 aliphatic heterocycles. The maximum Gasteiger partial charge on any atom is 0.339 e. The minimum Gasteiger partial charge on any atom is -0.507 e. The molecule has 0 aliphatic rings. The predicted octanol–water partition coefficient (Wildman–Crippen LogP) is 2.76. The summed E-state index contributed by atoms with van der Waals surface area (Å²) in [5, 5.41) is 18.6. The average molecular weight is 285 g/mol. The Hall–Kier alpha value is -2.82. The van der Waals surface area contributed by atoms with E-state index in [1.54, 1.807) is 4.90 Å². The number of hydrogen-bond donors (Lipinski definition) is 2. The zero-order valence-corrected chi connectivity index (χ0v) is 11.5. The number of anilines is 1. The van der Waals surface area contributed by atoms with Crippen LogP contribution in [0.25, 0.3) is 0 Å². The Morgan fingerprint density at radius 3 is 2.29 bits per heavy atom. The van der Waals surface area contributed by atoms with Crippen LogP contribution in [0, 0.1) is 0 Å². The number of nitrogens with zero attached hydrogens (tertiary/aromatic N) is 1. The van der Waals surface area contributed by atoms with Crippen LogP contribution in [-0.2, 0) is 0 Å². The Kier molecular flexibility index (Phi) is 4.23. The average Bonchev–Trinajstić information content (AvgIpc) is 2.48. The van der Waals surface area contributed by atoms with Gasteiger partial charge in [-0.1, -0.05) is 18.2 Å². The molecule has 2 aromatic rings. The molecular formula is C16H15NO4. The Morgan fingerprint density at radius 1 is 1.10 bits per heavy atom. The summed E-state index contributed by atoms with van der Waals surface area (Å²) in [6, 6.07) is 12.9. The molecule has 5 heteroatoms. The summed E-state index contributed by atoms with van der Waals surface area (Å²) in [6.45, 7) is 2.31. The van der Waals surface area contributed by atoms with E-state index in [-0.39, 0.29) is 17.0 Å². The van der Waals surface area contributed by atoms with Gasteiger partial charge in [-0.05, 0) is 37.3 Å². The molecule has 0 unspecified atom stereocenters. The standard InChI is InChI=1S/C16H15NO4/c1-2-17(12-6-4-3-5-7-12)15(19)11-8-9-13(16(20)21)14(18)10-11/h3-10,18H,2H2,1H3,(H,20,21). The van der Waals surface area contributed by atoms with E-state index in [0.717, 1.165) is 5.69 Å². The first-order chi connectivity index (χ1) is 10.0. The van der Waals surface area contributed by atoms with Crippen molar-refractivity contribution in [3.8, 4) is 5.75 Å². The van der Waals surface area contributed by atoms with Gasteiger partial charge < -0.3 is 15.1 Å². The highest BCUT2D eigenvalue weighted by Crippen LogP contribution is 2.22. The van der Waals surface area contributed by atoms with Crippen molar-refractivity contribution in [2.75, 3.05) is 11.4 Å². The first kappa shape index (κ1) is 14.6. The number of aromatic hydroxyl groups is 1. The number of carbonyl (C=O) groups is 2. The molecule has 5 nitrogen and oxygen atoms in total. The van der Waals surface area contributed by atoms with Crippen LogP contribution in [0.4, 0.5) is 5.69 Å². The van der Waals surface area contributed by atoms with Crippen molar-refractivity contribution in [2.45, 2.75) is 6.92 Å². The number of phenols is 1. The third kappa shape index (κ3) is 3.02. The van der Waals surface area contributed by atoms with Gasteiger partial charge in [-0.25, -0.2) is 4.79 Å². The van der Waals surface area contributed by atoms with Gasteiger partial charge in [0.2, 0.25) is 0 Å². The summed E-state index contributed by atoms with van der Waals surface area (Å²) in [7, 11) is 0. The third-order valence-electron chi connectivity index (χ3n) is 3.10. The fraction of sp³-hybridized carbons (Fsp3) is 0.125. The largest absolute Gasteiger partial charge is 0.507 e. The molecule has 0 spiro atoms. The van der Waals surface area contributed by atoms with Gasteiger partial charge in [0.05, 0.1) is 0 Å². The number of carboxylic acids is 1. The number of benzene rings is 2. The highest BCUT2D eigenvalue weighted by Gasteiger charge is 2.18. The molecule has 0 radical (unpaired) electrons. The van der Waals surface area contributed by atoms with Gasteiger partial charge in [0.1, 0.15) is 11.3 Å². The molecule has 2 rings (SSSR count). The Labute approximate surface area is 122 Å². The van der Waals surface area contributed by atoms with E-state index in [1.807, 2.05) is 37.3 Å². The molecule has 0 aliphatic carbocycles. The first-order valence-electron chi connectivity index (χ1n) is 6.47. The van der Waals surface area contributed by atoms with Gasteiger partial charge >= 0.3 is 5.97 Å². The number of rotatable bonds is 4. The van der Waals surface area contributed by atoms with Crippen LogP contribution in [-0.4, -0.2) is 28.6 Å². The summed E-state index contributed by atoms with van der Waals surface area (Å²) in [5.41, 5.74) is 0.754. The predicted molar refractivity (Wildman–Crippen MR) is 78.9 cm³/mol. The molecule has 2 N–H and O–H groups in total. The lowest BCUT2D eigenvalue weighted by molar-refractivity contribution is 0.0693. The second-order valence-electron chi connectivity index (χ2n) is 4.42. The number of carbonyl (C=O) groups excluding carboxylic acids is 1. The maximum atomic E-state index is 12.5. The van der Waals surface area contributed by atoms with Crippen molar-refractivity contribution >= 4 is 17.6 Å². The van der Waals surface area contributed by atoms with Gasteiger partial charge in [-0.2, -0.15) is 0 Å². The van der Waals surface area contributed by atoms with E-state index in [9.17, 15) is 14.7 Å².